The summed E-state index contributed by atoms with van der Waals surface area (Å²) in [6, 6.07) is -1.46. The molecule has 0 aliphatic carbocycles. The van der Waals surface area contributed by atoms with E-state index in [1.54, 1.807) is 20.8 Å². The number of carbonyl (C=O) groups excluding carboxylic acids is 1. The predicted octanol–water partition coefficient (Wildman–Crippen LogP) is 1.23. The zero-order valence-electron chi connectivity index (χ0n) is 10.00. The Balaban J connectivity index is 4.26. The molecular weight excluding hydrogens is 236 g/mol. The maximum absolute atomic E-state index is 11.7. The van der Waals surface area contributed by atoms with E-state index >= 15 is 0 Å². The molecule has 5 nitrogen and oxygen atoms in total. The molecule has 0 radical (unpaired) electrons. The topological polar surface area (TPSA) is 75.6 Å². The van der Waals surface area contributed by atoms with Crippen LogP contribution in [0.1, 0.15) is 27.2 Å². The monoisotopic (exact) mass is 253 g/mol. The Morgan fingerprint density at radius 3 is 2.24 bits per heavy atom. The fourth-order valence-corrected chi connectivity index (χ4v) is 1.07. The van der Waals surface area contributed by atoms with Gasteiger partial charge in [0.2, 0.25) is 5.91 Å². The third-order valence-corrected chi connectivity index (χ3v) is 1.71. The van der Waals surface area contributed by atoms with Crippen molar-refractivity contribution in [1.29, 1.82) is 0 Å². The number of rotatable bonds is 6. The molecule has 0 bridgehead atoms. The van der Waals surface area contributed by atoms with Gasteiger partial charge in [0.05, 0.1) is 6.61 Å². The highest BCUT2D eigenvalue weighted by Crippen LogP contribution is 2.17. The van der Waals surface area contributed by atoms with Gasteiger partial charge in [-0.2, -0.15) is 8.78 Å². The van der Waals surface area contributed by atoms with Crippen molar-refractivity contribution in [3.05, 3.63) is 0 Å². The van der Waals surface area contributed by atoms with Crippen LogP contribution in [0, 0.1) is 5.41 Å². The van der Waals surface area contributed by atoms with Crippen LogP contribution in [0.25, 0.3) is 0 Å². The summed E-state index contributed by atoms with van der Waals surface area (Å²) in [5.74, 6) is -1.92. The number of hydrogen-bond acceptors (Lipinski definition) is 3. The normalized spacial score (nSPS) is 13.5. The van der Waals surface area contributed by atoms with E-state index in [1.165, 1.54) is 0 Å². The van der Waals surface area contributed by atoms with E-state index in [0.717, 1.165) is 0 Å². The Hall–Kier alpha value is -1.24. The van der Waals surface area contributed by atoms with Gasteiger partial charge in [0, 0.05) is 6.42 Å². The molecule has 1 amide bonds. The third kappa shape index (κ3) is 8.56. The van der Waals surface area contributed by atoms with Crippen LogP contribution in [0.15, 0.2) is 0 Å². The molecule has 2 N–H and O–H groups in total. The maximum atomic E-state index is 11.7. The second kappa shape index (κ2) is 6.48. The predicted molar refractivity (Wildman–Crippen MR) is 55.6 cm³/mol. The van der Waals surface area contributed by atoms with Gasteiger partial charge in [0.1, 0.15) is 0 Å². The Bertz CT molecular complexity index is 276. The summed E-state index contributed by atoms with van der Waals surface area (Å²) in [5.41, 5.74) is -0.309. The average Bonchev–Trinajstić information content (AvgIpc) is 2.08. The lowest BCUT2D eigenvalue weighted by atomic mass is 9.92. The molecule has 1 atom stereocenters. The summed E-state index contributed by atoms with van der Waals surface area (Å²) in [6.45, 7) is 1.59. The van der Waals surface area contributed by atoms with Crippen LogP contribution in [0.3, 0.4) is 0 Å². The number of nitrogens with one attached hydrogen (secondary N) is 1. The molecule has 0 heterocycles. The Morgan fingerprint density at radius 1 is 1.35 bits per heavy atom. The molecule has 0 aliphatic rings. The van der Waals surface area contributed by atoms with Gasteiger partial charge >= 0.3 is 12.6 Å². The largest absolute Gasteiger partial charge is 0.480 e. The van der Waals surface area contributed by atoms with Gasteiger partial charge in [0.15, 0.2) is 6.04 Å². The van der Waals surface area contributed by atoms with Crippen LogP contribution in [0.4, 0.5) is 8.78 Å². The number of alkyl halides is 2. The standard InChI is InChI=1S/C10H17F2NO4/c1-10(2,3)4-7(14)13-6(8(15)16)5-17-9(11)12/h6,9H,4-5H2,1-3H3,(H,13,14)(H,15,16). The molecule has 0 fully saturated rings. The van der Waals surface area contributed by atoms with E-state index in [-0.39, 0.29) is 11.8 Å². The fraction of sp³-hybridized carbons (Fsp3) is 0.800. The van der Waals surface area contributed by atoms with E-state index < -0.39 is 31.1 Å². The summed E-state index contributed by atoms with van der Waals surface area (Å²) in [7, 11) is 0. The van der Waals surface area contributed by atoms with Crippen LogP contribution < -0.4 is 5.32 Å². The summed E-state index contributed by atoms with van der Waals surface area (Å²) >= 11 is 0. The van der Waals surface area contributed by atoms with Crippen LogP contribution in [0.5, 0.6) is 0 Å². The lowest BCUT2D eigenvalue weighted by molar-refractivity contribution is -0.156. The average molecular weight is 253 g/mol. The van der Waals surface area contributed by atoms with E-state index in [4.69, 9.17) is 5.11 Å². The molecule has 0 aromatic carbocycles. The van der Waals surface area contributed by atoms with E-state index in [2.05, 4.69) is 10.1 Å². The van der Waals surface area contributed by atoms with Crippen molar-refractivity contribution in [2.75, 3.05) is 6.61 Å². The molecule has 0 aromatic heterocycles. The number of ether oxygens (including phenoxy) is 1. The van der Waals surface area contributed by atoms with E-state index in [1.807, 2.05) is 0 Å². The van der Waals surface area contributed by atoms with Gasteiger partial charge in [-0.1, -0.05) is 20.8 Å². The first-order valence-electron chi connectivity index (χ1n) is 5.04. The zero-order valence-corrected chi connectivity index (χ0v) is 10.00. The SMILES string of the molecule is CC(C)(C)CC(=O)NC(COC(F)F)C(=O)O. The van der Waals surface area contributed by atoms with Crippen LogP contribution in [0.2, 0.25) is 0 Å². The zero-order chi connectivity index (χ0) is 13.6. The minimum atomic E-state index is -3.06. The van der Waals surface area contributed by atoms with Crippen molar-refractivity contribution in [3.63, 3.8) is 0 Å². The number of carbonyl (C=O) groups is 2. The summed E-state index contributed by atoms with van der Waals surface area (Å²) in [5, 5.41) is 10.8. The van der Waals surface area contributed by atoms with Crippen molar-refractivity contribution in [3.8, 4) is 0 Å². The molecule has 7 heteroatoms. The Labute approximate surface area is 98.1 Å². The second-order valence-corrected chi connectivity index (χ2v) is 4.79. The number of carboxylic acid groups (broad SMARTS) is 1. The van der Waals surface area contributed by atoms with Gasteiger partial charge < -0.3 is 15.2 Å². The van der Waals surface area contributed by atoms with Crippen LogP contribution in [-0.2, 0) is 14.3 Å². The van der Waals surface area contributed by atoms with Crippen LogP contribution in [-0.4, -0.2) is 36.2 Å². The minimum Gasteiger partial charge on any atom is -0.480 e. The molecule has 1 unspecified atom stereocenters. The molecule has 0 spiro atoms. The Morgan fingerprint density at radius 2 is 1.88 bits per heavy atom. The number of aliphatic carboxylic acids is 1. The molecule has 17 heavy (non-hydrogen) atoms. The fourth-order valence-electron chi connectivity index (χ4n) is 1.07. The van der Waals surface area contributed by atoms with Gasteiger partial charge in [-0.15, -0.1) is 0 Å². The lowest BCUT2D eigenvalue weighted by Crippen LogP contribution is -2.45. The van der Waals surface area contributed by atoms with E-state index in [0.29, 0.717) is 0 Å². The maximum Gasteiger partial charge on any atom is 0.345 e. The van der Waals surface area contributed by atoms with Gasteiger partial charge in [-0.05, 0) is 5.41 Å². The molecule has 0 aromatic rings. The van der Waals surface area contributed by atoms with Crippen molar-refractivity contribution < 1.29 is 28.2 Å². The Kier molecular flexibility index (Phi) is 6.01. The molecular formula is C10H17F2NO4. The summed E-state index contributed by atoms with van der Waals surface area (Å²) < 4.78 is 27.3. The van der Waals surface area contributed by atoms with E-state index in [9.17, 15) is 18.4 Å². The summed E-state index contributed by atoms with van der Waals surface area (Å²) in [4.78, 5) is 22.1. The molecule has 100 valence electrons. The third-order valence-electron chi connectivity index (χ3n) is 1.71. The molecule has 0 aliphatic heterocycles. The quantitative estimate of drug-likeness (QED) is 0.746. The van der Waals surface area contributed by atoms with Crippen molar-refractivity contribution in [2.24, 2.45) is 5.41 Å². The first-order chi connectivity index (χ1) is 7.61. The van der Waals surface area contributed by atoms with Crippen molar-refractivity contribution in [2.45, 2.75) is 39.8 Å². The van der Waals surface area contributed by atoms with Gasteiger partial charge in [0.25, 0.3) is 0 Å². The molecule has 0 saturated carbocycles. The van der Waals surface area contributed by atoms with Crippen molar-refractivity contribution >= 4 is 11.9 Å². The number of halogens is 2. The second-order valence-electron chi connectivity index (χ2n) is 4.79. The number of amides is 1. The highest BCUT2D eigenvalue weighted by atomic mass is 19.3. The molecule has 0 saturated heterocycles. The highest BCUT2D eigenvalue weighted by molar-refractivity contribution is 5.83. The van der Waals surface area contributed by atoms with Gasteiger partial charge in [-0.25, -0.2) is 4.79 Å². The van der Waals surface area contributed by atoms with Crippen molar-refractivity contribution in [1.82, 2.24) is 5.32 Å². The first kappa shape index (κ1) is 15.8. The summed E-state index contributed by atoms with van der Waals surface area (Å²) in [6.07, 6.45) is 0.103. The lowest BCUT2D eigenvalue weighted by Gasteiger charge is -2.20. The number of carboxylic acids is 1. The first-order valence-corrected chi connectivity index (χ1v) is 5.04. The minimum absolute atomic E-state index is 0.103. The number of hydrogen-bond donors (Lipinski definition) is 2. The smallest absolute Gasteiger partial charge is 0.345 e. The highest BCUT2D eigenvalue weighted by Gasteiger charge is 2.24. The van der Waals surface area contributed by atoms with Gasteiger partial charge in [-0.3, -0.25) is 4.79 Å². The molecule has 0 rings (SSSR count). The van der Waals surface area contributed by atoms with Crippen LogP contribution >= 0.6 is 0 Å².